The molecule has 3 heterocycles. The fourth-order valence-electron chi connectivity index (χ4n) is 3.29. The van der Waals surface area contributed by atoms with Crippen molar-refractivity contribution < 1.29 is 4.79 Å². The van der Waals surface area contributed by atoms with E-state index in [0.717, 1.165) is 67.9 Å². The van der Waals surface area contributed by atoms with E-state index in [0.29, 0.717) is 5.91 Å². The van der Waals surface area contributed by atoms with Gasteiger partial charge in [-0.3, -0.25) is 4.79 Å². The lowest BCUT2D eigenvalue weighted by Gasteiger charge is -2.36. The van der Waals surface area contributed by atoms with Gasteiger partial charge in [-0.25, -0.2) is 9.97 Å². The highest BCUT2D eigenvalue weighted by Gasteiger charge is 2.30. The number of hydrogen-bond donors (Lipinski definition) is 0. The summed E-state index contributed by atoms with van der Waals surface area (Å²) in [4.78, 5) is 25.9. The van der Waals surface area contributed by atoms with Crippen LogP contribution in [-0.2, 0) is 4.79 Å². The summed E-state index contributed by atoms with van der Waals surface area (Å²) >= 11 is 1.94. The van der Waals surface area contributed by atoms with Gasteiger partial charge in [-0.2, -0.15) is 11.8 Å². The molecule has 2 saturated heterocycles. The van der Waals surface area contributed by atoms with Crippen LogP contribution >= 0.6 is 11.8 Å². The van der Waals surface area contributed by atoms with Gasteiger partial charge in [0.2, 0.25) is 5.91 Å². The molecular formula is C16H24N4OS. The van der Waals surface area contributed by atoms with Crippen LogP contribution in [0.1, 0.15) is 24.4 Å². The van der Waals surface area contributed by atoms with Gasteiger partial charge in [-0.05, 0) is 26.7 Å². The number of piperidine rings is 1. The summed E-state index contributed by atoms with van der Waals surface area (Å²) in [6, 6.07) is 2.03. The summed E-state index contributed by atoms with van der Waals surface area (Å²) in [7, 11) is 0. The molecule has 0 aliphatic carbocycles. The number of thioether (sulfide) groups is 1. The normalized spacial score (nSPS) is 22.7. The Hall–Kier alpha value is -1.30. The molecule has 1 aromatic rings. The van der Waals surface area contributed by atoms with Crippen molar-refractivity contribution in [2.75, 3.05) is 42.6 Å². The fraction of sp³-hybridized carbons (Fsp3) is 0.688. The Morgan fingerprint density at radius 1 is 1.23 bits per heavy atom. The van der Waals surface area contributed by atoms with Crippen LogP contribution in [0, 0.1) is 19.8 Å². The van der Waals surface area contributed by atoms with E-state index < -0.39 is 0 Å². The van der Waals surface area contributed by atoms with E-state index in [9.17, 15) is 4.79 Å². The van der Waals surface area contributed by atoms with Gasteiger partial charge in [0.15, 0.2) is 0 Å². The molecule has 1 unspecified atom stereocenters. The first-order valence-corrected chi connectivity index (χ1v) is 9.23. The fourth-order valence-corrected chi connectivity index (χ4v) is 4.19. The van der Waals surface area contributed by atoms with Crippen molar-refractivity contribution in [2.45, 2.75) is 26.7 Å². The minimum atomic E-state index is 0.118. The molecule has 120 valence electrons. The summed E-state index contributed by atoms with van der Waals surface area (Å²) < 4.78 is 0. The third-order valence-corrected chi connectivity index (χ3v) is 5.31. The highest BCUT2D eigenvalue weighted by Crippen LogP contribution is 2.24. The number of aromatic nitrogens is 2. The zero-order chi connectivity index (χ0) is 15.5. The average Bonchev–Trinajstić information content (AvgIpc) is 2.54. The van der Waals surface area contributed by atoms with Crippen molar-refractivity contribution in [1.29, 1.82) is 0 Å². The van der Waals surface area contributed by atoms with Crippen LogP contribution in [-0.4, -0.2) is 58.5 Å². The molecule has 6 heteroatoms. The zero-order valence-electron chi connectivity index (χ0n) is 13.4. The van der Waals surface area contributed by atoms with Crippen LogP contribution in [0.25, 0.3) is 0 Å². The lowest BCUT2D eigenvalue weighted by atomic mass is 9.96. The van der Waals surface area contributed by atoms with Gasteiger partial charge in [-0.1, -0.05) is 0 Å². The zero-order valence-corrected chi connectivity index (χ0v) is 14.2. The van der Waals surface area contributed by atoms with E-state index in [2.05, 4.69) is 19.8 Å². The number of hydrogen-bond acceptors (Lipinski definition) is 5. The minimum Gasteiger partial charge on any atom is -0.356 e. The monoisotopic (exact) mass is 320 g/mol. The largest absolute Gasteiger partial charge is 0.356 e. The number of nitrogens with zero attached hydrogens (tertiary/aromatic N) is 4. The number of rotatable bonds is 2. The van der Waals surface area contributed by atoms with Gasteiger partial charge < -0.3 is 9.80 Å². The molecular weight excluding hydrogens is 296 g/mol. The SMILES string of the molecule is Cc1cc(N2CCCC(C(=O)N3CCSCC3)C2)nc(C)n1. The maximum Gasteiger partial charge on any atom is 0.227 e. The highest BCUT2D eigenvalue weighted by molar-refractivity contribution is 7.99. The number of aryl methyl sites for hydroxylation is 2. The van der Waals surface area contributed by atoms with Gasteiger partial charge in [0.05, 0.1) is 5.92 Å². The molecule has 0 saturated carbocycles. The van der Waals surface area contributed by atoms with Crippen molar-refractivity contribution >= 4 is 23.5 Å². The van der Waals surface area contributed by atoms with Gasteiger partial charge in [0.25, 0.3) is 0 Å². The topological polar surface area (TPSA) is 49.3 Å². The maximum atomic E-state index is 12.7. The van der Waals surface area contributed by atoms with E-state index >= 15 is 0 Å². The molecule has 2 fully saturated rings. The molecule has 2 aliphatic rings. The van der Waals surface area contributed by atoms with E-state index in [1.165, 1.54) is 0 Å². The highest BCUT2D eigenvalue weighted by atomic mass is 32.2. The van der Waals surface area contributed by atoms with Crippen molar-refractivity contribution in [3.63, 3.8) is 0 Å². The molecule has 3 rings (SSSR count). The Labute approximate surface area is 136 Å². The van der Waals surface area contributed by atoms with Crippen molar-refractivity contribution in [3.05, 3.63) is 17.6 Å². The molecule has 5 nitrogen and oxygen atoms in total. The number of anilines is 1. The minimum absolute atomic E-state index is 0.118. The Morgan fingerprint density at radius 3 is 2.73 bits per heavy atom. The molecule has 1 aromatic heterocycles. The van der Waals surface area contributed by atoms with Crippen LogP contribution < -0.4 is 4.90 Å². The van der Waals surface area contributed by atoms with E-state index in [1.807, 2.05) is 31.7 Å². The number of carbonyl (C=O) groups is 1. The van der Waals surface area contributed by atoms with E-state index in [4.69, 9.17) is 0 Å². The molecule has 0 radical (unpaired) electrons. The number of amides is 1. The van der Waals surface area contributed by atoms with Gasteiger partial charge in [0, 0.05) is 49.4 Å². The predicted molar refractivity (Wildman–Crippen MR) is 90.3 cm³/mol. The standard InChI is InChI=1S/C16H24N4OS/c1-12-10-15(18-13(2)17-12)20-5-3-4-14(11-20)16(21)19-6-8-22-9-7-19/h10,14H,3-9,11H2,1-2H3. The summed E-state index contributed by atoms with van der Waals surface area (Å²) in [5, 5.41) is 0. The summed E-state index contributed by atoms with van der Waals surface area (Å²) in [6.07, 6.45) is 2.06. The second-order valence-corrected chi connectivity index (χ2v) is 7.36. The van der Waals surface area contributed by atoms with Crippen LogP contribution in [0.5, 0.6) is 0 Å². The second kappa shape index (κ2) is 6.86. The van der Waals surface area contributed by atoms with Crippen molar-refractivity contribution in [1.82, 2.24) is 14.9 Å². The molecule has 22 heavy (non-hydrogen) atoms. The smallest absolute Gasteiger partial charge is 0.227 e. The van der Waals surface area contributed by atoms with Gasteiger partial charge in [-0.15, -0.1) is 0 Å². The first-order chi connectivity index (χ1) is 10.6. The summed E-state index contributed by atoms with van der Waals surface area (Å²) in [5.74, 6) is 4.38. The van der Waals surface area contributed by atoms with E-state index in [-0.39, 0.29) is 5.92 Å². The molecule has 1 atom stereocenters. The quantitative estimate of drug-likeness (QED) is 0.833. The van der Waals surface area contributed by atoms with Crippen LogP contribution in [0.3, 0.4) is 0 Å². The van der Waals surface area contributed by atoms with Crippen LogP contribution in [0.15, 0.2) is 6.07 Å². The molecule has 0 bridgehead atoms. The van der Waals surface area contributed by atoms with Crippen LogP contribution in [0.2, 0.25) is 0 Å². The third-order valence-electron chi connectivity index (χ3n) is 4.37. The number of carbonyl (C=O) groups excluding carboxylic acids is 1. The average molecular weight is 320 g/mol. The molecule has 0 N–H and O–H groups in total. The Balaban J connectivity index is 1.69. The first kappa shape index (κ1) is 15.6. The lowest BCUT2D eigenvalue weighted by Crippen LogP contribution is -2.47. The molecule has 1 amide bonds. The Kier molecular flexibility index (Phi) is 4.86. The lowest BCUT2D eigenvalue weighted by molar-refractivity contribution is -0.135. The summed E-state index contributed by atoms with van der Waals surface area (Å²) in [5.41, 5.74) is 0.990. The second-order valence-electron chi connectivity index (χ2n) is 6.14. The van der Waals surface area contributed by atoms with Gasteiger partial charge in [0.1, 0.15) is 11.6 Å². The van der Waals surface area contributed by atoms with Crippen LogP contribution in [0.4, 0.5) is 5.82 Å². The Morgan fingerprint density at radius 2 is 2.00 bits per heavy atom. The van der Waals surface area contributed by atoms with E-state index in [1.54, 1.807) is 0 Å². The van der Waals surface area contributed by atoms with Crippen molar-refractivity contribution in [3.8, 4) is 0 Å². The Bertz CT molecular complexity index is 525. The third kappa shape index (κ3) is 3.54. The van der Waals surface area contributed by atoms with Crippen molar-refractivity contribution in [2.24, 2.45) is 5.92 Å². The molecule has 0 aromatic carbocycles. The molecule has 0 spiro atoms. The summed E-state index contributed by atoms with van der Waals surface area (Å²) in [6.45, 7) is 7.51. The predicted octanol–water partition coefficient (Wildman–Crippen LogP) is 1.89. The first-order valence-electron chi connectivity index (χ1n) is 8.07. The van der Waals surface area contributed by atoms with Gasteiger partial charge >= 0.3 is 0 Å². The molecule has 2 aliphatic heterocycles. The maximum absolute atomic E-state index is 12.7.